The molecular formula is C14H31NOSi. The van der Waals surface area contributed by atoms with Gasteiger partial charge in [-0.15, -0.1) is 0 Å². The number of methoxy groups -OCH3 is 1. The van der Waals surface area contributed by atoms with Crippen molar-refractivity contribution >= 4 is 8.24 Å². The number of hydrogen-bond donors (Lipinski definition) is 1. The van der Waals surface area contributed by atoms with E-state index < -0.39 is 8.24 Å². The fourth-order valence-corrected chi connectivity index (χ4v) is 8.22. The maximum Gasteiger partial charge on any atom is 0.123 e. The van der Waals surface area contributed by atoms with Crippen molar-refractivity contribution in [3.63, 3.8) is 0 Å². The van der Waals surface area contributed by atoms with Crippen LogP contribution in [0.4, 0.5) is 0 Å². The summed E-state index contributed by atoms with van der Waals surface area (Å²) in [4.78, 5) is 3.82. The quantitative estimate of drug-likeness (QED) is 0.602. The predicted molar refractivity (Wildman–Crippen MR) is 77.8 cm³/mol. The topological polar surface area (TPSA) is 21.3 Å². The van der Waals surface area contributed by atoms with Gasteiger partial charge in [0.1, 0.15) is 8.24 Å². The van der Waals surface area contributed by atoms with Gasteiger partial charge in [-0.3, -0.25) is 0 Å². The van der Waals surface area contributed by atoms with Crippen molar-refractivity contribution in [2.45, 2.75) is 46.3 Å². The van der Waals surface area contributed by atoms with Crippen LogP contribution in [0, 0.1) is 23.7 Å². The van der Waals surface area contributed by atoms with Crippen molar-refractivity contribution in [1.29, 1.82) is 0 Å². The fraction of sp³-hybridized carbons (Fsp3) is 1.00. The summed E-state index contributed by atoms with van der Waals surface area (Å²) in [7, 11) is 0.432. The first-order chi connectivity index (χ1) is 7.83. The standard InChI is InChI=1S/C14H31NOSi/c1-10-11(2)13(4)14(12(10)3)17(6,7)15-8-9-16-5/h10-15H,8-9H2,1-7H3. The van der Waals surface area contributed by atoms with Crippen molar-refractivity contribution in [3.05, 3.63) is 0 Å². The number of nitrogens with one attached hydrogen (secondary N) is 1. The third-order valence-corrected chi connectivity index (χ3v) is 9.22. The monoisotopic (exact) mass is 257 g/mol. The maximum absolute atomic E-state index is 5.16. The lowest BCUT2D eigenvalue weighted by Gasteiger charge is -2.37. The molecule has 1 rings (SSSR count). The lowest BCUT2D eigenvalue weighted by atomic mass is 9.92. The van der Waals surface area contributed by atoms with Gasteiger partial charge in [0.05, 0.1) is 6.61 Å². The molecule has 4 atom stereocenters. The zero-order chi connectivity index (χ0) is 13.2. The van der Waals surface area contributed by atoms with Crippen LogP contribution < -0.4 is 4.98 Å². The van der Waals surface area contributed by atoms with Gasteiger partial charge in [0.15, 0.2) is 0 Å². The summed E-state index contributed by atoms with van der Waals surface area (Å²) in [6, 6.07) is 0. The van der Waals surface area contributed by atoms with Crippen molar-refractivity contribution in [2.75, 3.05) is 20.3 Å². The molecule has 1 aliphatic carbocycles. The Balaban J connectivity index is 2.69. The summed E-state index contributed by atoms with van der Waals surface area (Å²) in [6.07, 6.45) is 0. The first-order valence-corrected chi connectivity index (χ1v) is 10.1. The molecule has 3 heteroatoms. The molecule has 0 aromatic heterocycles. The number of ether oxygens (including phenoxy) is 1. The molecule has 0 bridgehead atoms. The lowest BCUT2D eigenvalue weighted by Crippen LogP contribution is -2.52. The zero-order valence-electron chi connectivity index (χ0n) is 12.7. The van der Waals surface area contributed by atoms with E-state index in [1.54, 1.807) is 7.11 Å². The van der Waals surface area contributed by atoms with Crippen molar-refractivity contribution in [2.24, 2.45) is 23.7 Å². The zero-order valence-corrected chi connectivity index (χ0v) is 13.7. The van der Waals surface area contributed by atoms with Crippen LogP contribution in [0.2, 0.25) is 18.6 Å². The second-order valence-electron chi connectivity index (χ2n) is 6.60. The molecule has 0 aromatic rings. The highest BCUT2D eigenvalue weighted by atomic mass is 28.3. The molecule has 2 nitrogen and oxygen atoms in total. The number of rotatable bonds is 5. The van der Waals surface area contributed by atoms with Gasteiger partial charge < -0.3 is 9.72 Å². The molecule has 0 amide bonds. The normalized spacial score (nSPS) is 38.6. The molecule has 0 radical (unpaired) electrons. The van der Waals surface area contributed by atoms with Gasteiger partial charge in [-0.05, 0) is 29.2 Å². The molecule has 0 aliphatic heterocycles. The molecule has 17 heavy (non-hydrogen) atoms. The summed E-state index contributed by atoms with van der Waals surface area (Å²) in [6.45, 7) is 16.6. The molecule has 4 unspecified atom stereocenters. The highest BCUT2D eigenvalue weighted by molar-refractivity contribution is 6.76. The van der Waals surface area contributed by atoms with Crippen LogP contribution in [0.25, 0.3) is 0 Å². The van der Waals surface area contributed by atoms with Crippen molar-refractivity contribution < 1.29 is 4.74 Å². The van der Waals surface area contributed by atoms with Gasteiger partial charge >= 0.3 is 0 Å². The summed E-state index contributed by atoms with van der Waals surface area (Å²) in [5.41, 5.74) is 0.893. The smallest absolute Gasteiger partial charge is 0.123 e. The largest absolute Gasteiger partial charge is 0.383 e. The van der Waals surface area contributed by atoms with Crippen molar-refractivity contribution in [3.8, 4) is 0 Å². The third kappa shape index (κ3) is 3.12. The Labute approximate surface area is 109 Å². The first-order valence-electron chi connectivity index (χ1n) is 7.07. The van der Waals surface area contributed by atoms with Crippen LogP contribution in [-0.2, 0) is 4.74 Å². The van der Waals surface area contributed by atoms with E-state index in [-0.39, 0.29) is 0 Å². The van der Waals surface area contributed by atoms with Crippen LogP contribution >= 0.6 is 0 Å². The second kappa shape index (κ2) is 5.85. The van der Waals surface area contributed by atoms with Gasteiger partial charge in [-0.1, -0.05) is 40.8 Å². The minimum atomic E-state index is -1.35. The lowest BCUT2D eigenvalue weighted by molar-refractivity contribution is 0.203. The Morgan fingerprint density at radius 2 is 1.41 bits per heavy atom. The SMILES string of the molecule is COCCN[Si](C)(C)C1C(C)C(C)C(C)C1C. The van der Waals surface area contributed by atoms with Gasteiger partial charge in [0.2, 0.25) is 0 Å². The molecule has 102 valence electrons. The summed E-state index contributed by atoms with van der Waals surface area (Å²) in [5.74, 6) is 3.45. The van der Waals surface area contributed by atoms with E-state index in [9.17, 15) is 0 Å². The first kappa shape index (κ1) is 15.2. The Morgan fingerprint density at radius 3 is 1.82 bits per heavy atom. The van der Waals surface area contributed by atoms with Crippen LogP contribution in [0.5, 0.6) is 0 Å². The van der Waals surface area contributed by atoms with Crippen LogP contribution in [0.1, 0.15) is 27.7 Å². The number of hydrogen-bond acceptors (Lipinski definition) is 2. The average Bonchev–Trinajstić information content (AvgIpc) is 2.44. The van der Waals surface area contributed by atoms with E-state index in [1.165, 1.54) is 0 Å². The maximum atomic E-state index is 5.16. The van der Waals surface area contributed by atoms with Gasteiger partial charge in [-0.2, -0.15) is 0 Å². The molecule has 0 saturated heterocycles. The van der Waals surface area contributed by atoms with Crippen LogP contribution in [0.3, 0.4) is 0 Å². The van der Waals surface area contributed by atoms with E-state index in [1.807, 2.05) is 0 Å². The van der Waals surface area contributed by atoms with Crippen LogP contribution in [0.15, 0.2) is 0 Å². The van der Waals surface area contributed by atoms with E-state index in [4.69, 9.17) is 4.74 Å². The molecule has 0 heterocycles. The molecule has 0 aromatic carbocycles. The summed E-state index contributed by atoms with van der Waals surface area (Å²) in [5, 5.41) is 0. The highest BCUT2D eigenvalue weighted by Gasteiger charge is 2.49. The third-order valence-electron chi connectivity index (χ3n) is 5.34. The van der Waals surface area contributed by atoms with E-state index in [2.05, 4.69) is 45.8 Å². The minimum Gasteiger partial charge on any atom is -0.383 e. The van der Waals surface area contributed by atoms with Gasteiger partial charge in [-0.25, -0.2) is 0 Å². The molecular weight excluding hydrogens is 226 g/mol. The second-order valence-corrected chi connectivity index (χ2v) is 11.1. The molecule has 1 saturated carbocycles. The molecule has 1 aliphatic rings. The highest BCUT2D eigenvalue weighted by Crippen LogP contribution is 2.52. The molecule has 1 fully saturated rings. The average molecular weight is 257 g/mol. The van der Waals surface area contributed by atoms with E-state index in [0.29, 0.717) is 0 Å². The Bertz CT molecular complexity index is 230. The van der Waals surface area contributed by atoms with E-state index in [0.717, 1.165) is 42.4 Å². The summed E-state index contributed by atoms with van der Waals surface area (Å²) >= 11 is 0. The predicted octanol–water partition coefficient (Wildman–Crippen LogP) is 3.36. The van der Waals surface area contributed by atoms with E-state index >= 15 is 0 Å². The Morgan fingerprint density at radius 1 is 0.941 bits per heavy atom. The molecule has 1 N–H and O–H groups in total. The Kier molecular flexibility index (Phi) is 5.23. The summed E-state index contributed by atoms with van der Waals surface area (Å²) < 4.78 is 5.16. The van der Waals surface area contributed by atoms with Gasteiger partial charge in [0.25, 0.3) is 0 Å². The van der Waals surface area contributed by atoms with Gasteiger partial charge in [0, 0.05) is 13.7 Å². The Hall–Kier alpha value is 0.137. The fourth-order valence-electron chi connectivity index (χ4n) is 4.00. The molecule has 0 spiro atoms. The van der Waals surface area contributed by atoms with Crippen molar-refractivity contribution in [1.82, 2.24) is 4.98 Å². The van der Waals surface area contributed by atoms with Crippen LogP contribution in [-0.4, -0.2) is 28.5 Å². The minimum absolute atomic E-state index is 0.830.